The van der Waals surface area contributed by atoms with E-state index in [2.05, 4.69) is 4.39 Å². The summed E-state index contributed by atoms with van der Waals surface area (Å²) in [7, 11) is -4.44. The minimum absolute atomic E-state index is 0.525. The Labute approximate surface area is 77.5 Å². The third-order valence-electron chi connectivity index (χ3n) is 1.41. The first kappa shape index (κ1) is 10.2. The van der Waals surface area contributed by atoms with Gasteiger partial charge in [0.15, 0.2) is 4.39 Å². The lowest BCUT2D eigenvalue weighted by molar-refractivity contribution is -1.94. The summed E-state index contributed by atoms with van der Waals surface area (Å²) in [4.78, 5) is 0. The molecule has 0 N–H and O–H groups in total. The molecule has 0 aliphatic rings. The molecule has 1 aromatic heterocycles. The van der Waals surface area contributed by atoms with Crippen molar-refractivity contribution in [2.75, 3.05) is 0 Å². The summed E-state index contributed by atoms with van der Waals surface area (Å²) in [6, 6.07) is 3.43. The van der Waals surface area contributed by atoms with Crippen molar-refractivity contribution in [3.63, 3.8) is 0 Å². The SMILES string of the molecule is Cc1ccc(C)[n+](O[Cl+3]([O-])([O-])[O-])c1. The molecule has 5 nitrogen and oxygen atoms in total. The van der Waals surface area contributed by atoms with Crippen LogP contribution in [0.5, 0.6) is 0 Å². The molecule has 72 valence electrons. The molecule has 0 fully saturated rings. The topological polar surface area (TPSA) is 82.3 Å². The largest absolute Gasteiger partial charge is 0.246 e. The minimum Gasteiger partial charge on any atom is -0.161 e. The van der Waals surface area contributed by atoms with Crippen LogP contribution in [-0.4, -0.2) is 0 Å². The van der Waals surface area contributed by atoms with Crippen LogP contribution < -0.4 is 23.1 Å². The van der Waals surface area contributed by atoms with E-state index >= 15 is 0 Å². The van der Waals surface area contributed by atoms with Crippen LogP contribution >= 0.6 is 0 Å². The maximum absolute atomic E-state index is 10.2. The van der Waals surface area contributed by atoms with Gasteiger partial charge in [-0.1, -0.05) is 0 Å². The van der Waals surface area contributed by atoms with Crippen LogP contribution in [-0.2, 0) is 0 Å². The highest BCUT2D eigenvalue weighted by Crippen LogP contribution is 1.94. The monoisotopic (exact) mass is 206 g/mol. The van der Waals surface area contributed by atoms with E-state index in [0.717, 1.165) is 10.3 Å². The molecule has 1 aromatic rings. The summed E-state index contributed by atoms with van der Waals surface area (Å²) in [5, 5.41) is 0. The minimum atomic E-state index is -4.44. The highest BCUT2D eigenvalue weighted by Gasteiger charge is 2.28. The van der Waals surface area contributed by atoms with Crippen molar-refractivity contribution < 1.29 is 33.3 Å². The quantitative estimate of drug-likeness (QED) is 0.481. The standard InChI is InChI=1S/C7H9ClNO4/c1-6-3-4-7(2)9(5-6)13-8(10,11)12/h3-5H,1-2H3/q+1. The molecular weight excluding hydrogens is 198 g/mol. The van der Waals surface area contributed by atoms with Crippen LogP contribution in [0.1, 0.15) is 11.3 Å². The maximum atomic E-state index is 10.2. The predicted molar refractivity (Wildman–Crippen MR) is 32.7 cm³/mol. The van der Waals surface area contributed by atoms with E-state index in [9.17, 15) is 14.0 Å². The number of nitrogens with zero attached hydrogens (tertiary/aromatic N) is 1. The number of hydrogen-bond acceptors (Lipinski definition) is 4. The van der Waals surface area contributed by atoms with Gasteiger partial charge >= 0.3 is 0 Å². The number of hydrogen-bond donors (Lipinski definition) is 0. The van der Waals surface area contributed by atoms with E-state index in [-0.39, 0.29) is 0 Å². The van der Waals surface area contributed by atoms with E-state index < -0.39 is 10.2 Å². The van der Waals surface area contributed by atoms with E-state index in [1.54, 1.807) is 26.0 Å². The van der Waals surface area contributed by atoms with Crippen LogP contribution in [0.3, 0.4) is 0 Å². The van der Waals surface area contributed by atoms with Gasteiger partial charge in [-0.2, -0.15) is 14.0 Å². The van der Waals surface area contributed by atoms with Gasteiger partial charge in [0.1, 0.15) is 4.73 Å². The molecule has 0 aliphatic heterocycles. The fourth-order valence-electron chi connectivity index (χ4n) is 0.821. The Morgan fingerprint density at radius 1 is 1.23 bits per heavy atom. The van der Waals surface area contributed by atoms with Crippen molar-refractivity contribution in [1.29, 1.82) is 0 Å². The van der Waals surface area contributed by atoms with Gasteiger partial charge in [0.2, 0.25) is 22.1 Å². The molecular formula is C7H9ClNO4+. The number of halogens is 1. The highest BCUT2D eigenvalue weighted by molar-refractivity contribution is 5.05. The predicted octanol–water partition coefficient (Wildman–Crippen LogP) is -3.08. The van der Waals surface area contributed by atoms with Gasteiger partial charge < -0.3 is 0 Å². The Kier molecular flexibility index (Phi) is 2.72. The lowest BCUT2D eigenvalue weighted by atomic mass is 10.3. The fraction of sp³-hybridized carbons (Fsp3) is 0.286. The van der Waals surface area contributed by atoms with Crippen molar-refractivity contribution >= 4 is 0 Å². The zero-order chi connectivity index (χ0) is 10.1. The number of pyridine rings is 1. The second kappa shape index (κ2) is 3.47. The molecule has 1 rings (SSSR count). The number of aryl methyl sites for hydroxylation is 2. The summed E-state index contributed by atoms with van der Waals surface area (Å²) in [5.74, 6) is 0. The van der Waals surface area contributed by atoms with E-state index in [0.29, 0.717) is 5.69 Å². The van der Waals surface area contributed by atoms with Crippen LogP contribution in [0.2, 0.25) is 0 Å². The Balaban J connectivity index is 2.94. The van der Waals surface area contributed by atoms with Crippen molar-refractivity contribution in [1.82, 2.24) is 0 Å². The molecule has 0 saturated carbocycles. The molecule has 13 heavy (non-hydrogen) atoms. The number of rotatable bonds is 2. The Morgan fingerprint density at radius 3 is 2.38 bits per heavy atom. The summed E-state index contributed by atoms with van der Waals surface area (Å²) < 4.78 is 35.7. The van der Waals surface area contributed by atoms with E-state index in [1.807, 2.05) is 0 Å². The smallest absolute Gasteiger partial charge is 0.161 e. The zero-order valence-electron chi connectivity index (χ0n) is 7.19. The van der Waals surface area contributed by atoms with Gasteiger partial charge in [0.05, 0.1) is 0 Å². The molecule has 0 aromatic carbocycles. The van der Waals surface area contributed by atoms with Crippen LogP contribution in [0, 0.1) is 24.1 Å². The van der Waals surface area contributed by atoms with Gasteiger partial charge in [-0.15, -0.1) is 0 Å². The van der Waals surface area contributed by atoms with Gasteiger partial charge in [0.25, 0.3) is 0 Å². The molecule has 0 atom stereocenters. The molecule has 0 amide bonds. The molecule has 0 aliphatic carbocycles. The summed E-state index contributed by atoms with van der Waals surface area (Å²) >= 11 is 0. The van der Waals surface area contributed by atoms with Crippen LogP contribution in [0.15, 0.2) is 18.3 Å². The summed E-state index contributed by atoms with van der Waals surface area (Å²) in [6.07, 6.45) is 1.41. The first-order valence-corrected chi connectivity index (χ1v) is 4.72. The van der Waals surface area contributed by atoms with E-state index in [4.69, 9.17) is 0 Å². The molecule has 0 spiro atoms. The molecule has 0 unspecified atom stereocenters. The van der Waals surface area contributed by atoms with Crippen LogP contribution in [0.25, 0.3) is 0 Å². The van der Waals surface area contributed by atoms with Gasteiger partial charge in [0, 0.05) is 18.6 Å². The third-order valence-corrected chi connectivity index (χ3v) is 1.73. The van der Waals surface area contributed by atoms with E-state index in [1.165, 1.54) is 6.20 Å². The lowest BCUT2D eigenvalue weighted by Gasteiger charge is -2.05. The Bertz CT molecular complexity index is 310. The molecule has 0 bridgehead atoms. The van der Waals surface area contributed by atoms with Gasteiger partial charge in [-0.3, -0.25) is 0 Å². The van der Waals surface area contributed by atoms with Crippen molar-refractivity contribution in [2.24, 2.45) is 0 Å². The van der Waals surface area contributed by atoms with Crippen LogP contribution in [0.4, 0.5) is 0 Å². The average molecular weight is 207 g/mol. The second-order valence-electron chi connectivity index (χ2n) is 2.62. The third kappa shape index (κ3) is 3.16. The maximum Gasteiger partial charge on any atom is 0.246 e. The average Bonchev–Trinajstić information content (AvgIpc) is 1.94. The van der Waals surface area contributed by atoms with Gasteiger partial charge in [-0.25, -0.2) is 0 Å². The molecule has 0 saturated heterocycles. The lowest BCUT2D eigenvalue weighted by Crippen LogP contribution is -2.71. The summed E-state index contributed by atoms with van der Waals surface area (Å²) in [6.45, 7) is 3.38. The molecule has 0 radical (unpaired) electrons. The molecule has 6 heteroatoms. The Morgan fingerprint density at radius 2 is 1.85 bits per heavy atom. The van der Waals surface area contributed by atoms with Crippen molar-refractivity contribution in [2.45, 2.75) is 13.8 Å². The first-order valence-electron chi connectivity index (χ1n) is 3.48. The fourth-order valence-corrected chi connectivity index (χ4v) is 1.15. The second-order valence-corrected chi connectivity index (χ2v) is 3.51. The Hall–Kier alpha value is -0.880. The van der Waals surface area contributed by atoms with Crippen molar-refractivity contribution in [3.05, 3.63) is 29.6 Å². The van der Waals surface area contributed by atoms with Crippen molar-refractivity contribution in [3.8, 4) is 0 Å². The molecule has 1 heterocycles. The number of aromatic nitrogens is 1. The van der Waals surface area contributed by atoms with Gasteiger partial charge in [-0.05, 0) is 13.0 Å². The normalized spacial score (nSPS) is 11.5. The summed E-state index contributed by atoms with van der Waals surface area (Å²) in [5.41, 5.74) is 1.32. The highest BCUT2D eigenvalue weighted by atomic mass is 35.7. The first-order chi connectivity index (χ1) is 5.88. The zero-order valence-corrected chi connectivity index (χ0v) is 7.95.